The van der Waals surface area contributed by atoms with E-state index in [1.54, 1.807) is 12.1 Å². The van der Waals surface area contributed by atoms with Crippen LogP contribution in [0.4, 0.5) is 0 Å². The molecule has 0 aliphatic heterocycles. The highest BCUT2D eigenvalue weighted by atomic mass is 35.5. The van der Waals surface area contributed by atoms with Crippen molar-refractivity contribution in [1.82, 2.24) is 15.1 Å². The summed E-state index contributed by atoms with van der Waals surface area (Å²) in [6.45, 7) is 0.737. The van der Waals surface area contributed by atoms with Gasteiger partial charge >= 0.3 is 0 Å². The van der Waals surface area contributed by atoms with E-state index < -0.39 is 0 Å². The lowest BCUT2D eigenvalue weighted by Crippen LogP contribution is -2.43. The smallest absolute Gasteiger partial charge is 0.272 e. The summed E-state index contributed by atoms with van der Waals surface area (Å²) in [5, 5.41) is 27.2. The highest BCUT2D eigenvalue weighted by molar-refractivity contribution is 6.31. The molecular formula is C20H25ClN4O2. The molecule has 7 heteroatoms. The molecule has 0 spiro atoms. The van der Waals surface area contributed by atoms with Gasteiger partial charge in [0.1, 0.15) is 0 Å². The molecule has 1 aromatic carbocycles. The van der Waals surface area contributed by atoms with E-state index in [9.17, 15) is 9.90 Å². The van der Waals surface area contributed by atoms with Gasteiger partial charge in [-0.05, 0) is 43.9 Å². The Labute approximate surface area is 164 Å². The molecule has 2 unspecified atom stereocenters. The van der Waals surface area contributed by atoms with Crippen molar-refractivity contribution in [2.75, 3.05) is 6.61 Å². The minimum absolute atomic E-state index is 0.0220. The molecule has 1 heterocycles. The molecule has 2 N–H and O–H groups in total. The van der Waals surface area contributed by atoms with Crippen LogP contribution in [0, 0.1) is 17.2 Å². The first-order valence-electron chi connectivity index (χ1n) is 9.58. The van der Waals surface area contributed by atoms with Crippen molar-refractivity contribution in [3.8, 4) is 6.07 Å². The number of rotatable bonds is 7. The number of nitrogens with one attached hydrogen (secondary N) is 1. The largest absolute Gasteiger partial charge is 0.396 e. The first-order valence-corrected chi connectivity index (χ1v) is 9.96. The van der Waals surface area contributed by atoms with Gasteiger partial charge in [-0.2, -0.15) is 10.4 Å². The van der Waals surface area contributed by atoms with Crippen LogP contribution in [0.25, 0.3) is 10.9 Å². The predicted molar refractivity (Wildman–Crippen MR) is 105 cm³/mol. The Balaban J connectivity index is 1.83. The molecule has 1 amide bonds. The van der Waals surface area contributed by atoms with Crippen molar-refractivity contribution in [3.05, 3.63) is 28.9 Å². The van der Waals surface area contributed by atoms with Gasteiger partial charge in [0.05, 0.1) is 11.6 Å². The molecule has 1 aromatic heterocycles. The Hall–Kier alpha value is -2.10. The molecule has 3 rings (SSSR count). The van der Waals surface area contributed by atoms with Gasteiger partial charge in [-0.25, -0.2) is 0 Å². The number of hydrogen-bond acceptors (Lipinski definition) is 4. The van der Waals surface area contributed by atoms with Crippen LogP contribution in [-0.4, -0.2) is 33.4 Å². The highest BCUT2D eigenvalue weighted by Gasteiger charge is 2.28. The second-order valence-corrected chi connectivity index (χ2v) is 7.59. The second kappa shape index (κ2) is 9.20. The monoisotopic (exact) mass is 388 g/mol. The quantitative estimate of drug-likeness (QED) is 0.708. The van der Waals surface area contributed by atoms with Crippen LogP contribution in [0.3, 0.4) is 0 Å². The lowest BCUT2D eigenvalue weighted by Gasteiger charge is -2.30. The Kier molecular flexibility index (Phi) is 6.70. The predicted octanol–water partition coefficient (Wildman–Crippen LogP) is 3.66. The van der Waals surface area contributed by atoms with Gasteiger partial charge in [0.2, 0.25) is 0 Å². The molecule has 2 aromatic rings. The number of aromatic nitrogens is 2. The third kappa shape index (κ3) is 4.60. The number of nitrogens with zero attached hydrogens (tertiary/aromatic N) is 3. The van der Waals surface area contributed by atoms with Gasteiger partial charge in [-0.1, -0.05) is 24.4 Å². The van der Waals surface area contributed by atoms with Crippen molar-refractivity contribution in [2.45, 2.75) is 57.5 Å². The van der Waals surface area contributed by atoms with Crippen LogP contribution in [0.15, 0.2) is 18.2 Å². The maximum atomic E-state index is 12.9. The number of carbonyl (C=O) groups is 1. The molecule has 1 aliphatic carbocycles. The molecular weight excluding hydrogens is 364 g/mol. The zero-order valence-electron chi connectivity index (χ0n) is 15.3. The number of carbonyl (C=O) groups excluding carboxylic acids is 1. The molecule has 1 saturated carbocycles. The fourth-order valence-corrected chi connectivity index (χ4v) is 3.98. The number of aliphatic hydroxyl groups excluding tert-OH is 1. The highest BCUT2D eigenvalue weighted by Crippen LogP contribution is 2.26. The molecule has 0 saturated heterocycles. The first-order chi connectivity index (χ1) is 13.1. The molecule has 2 atom stereocenters. The van der Waals surface area contributed by atoms with Gasteiger partial charge in [-0.3, -0.25) is 9.48 Å². The summed E-state index contributed by atoms with van der Waals surface area (Å²) in [6.07, 6.45) is 6.10. The Bertz CT molecular complexity index is 842. The zero-order chi connectivity index (χ0) is 19.2. The summed E-state index contributed by atoms with van der Waals surface area (Å²) in [4.78, 5) is 12.9. The molecule has 144 valence electrons. The summed E-state index contributed by atoms with van der Waals surface area (Å²) in [5.74, 6) is -0.117. The summed E-state index contributed by atoms with van der Waals surface area (Å²) in [5.41, 5.74) is 1.24. The molecule has 1 aliphatic rings. The number of hydrogen-bond donors (Lipinski definition) is 2. The second-order valence-electron chi connectivity index (χ2n) is 7.16. The minimum atomic E-state index is -0.219. The van der Waals surface area contributed by atoms with E-state index in [1.165, 1.54) is 0 Å². The third-order valence-corrected chi connectivity index (χ3v) is 5.53. The number of fused-ring (bicyclic) bond motifs is 1. The van der Waals surface area contributed by atoms with Crippen LogP contribution in [0.2, 0.25) is 5.02 Å². The fourth-order valence-electron chi connectivity index (χ4n) is 3.81. The Morgan fingerprint density at radius 2 is 2.19 bits per heavy atom. The number of unbranched alkanes of at least 4 members (excludes halogenated alkanes) is 2. The van der Waals surface area contributed by atoms with Crippen molar-refractivity contribution in [1.29, 1.82) is 5.26 Å². The summed E-state index contributed by atoms with van der Waals surface area (Å²) >= 11 is 6.15. The molecule has 6 nitrogen and oxygen atoms in total. The minimum Gasteiger partial charge on any atom is -0.396 e. The lowest BCUT2D eigenvalue weighted by atomic mass is 9.85. The fraction of sp³-hybridized carbons (Fsp3) is 0.550. The number of aryl methyl sites for hydroxylation is 1. The lowest BCUT2D eigenvalue weighted by molar-refractivity contribution is 0.0868. The van der Waals surface area contributed by atoms with E-state index in [4.69, 9.17) is 16.9 Å². The van der Waals surface area contributed by atoms with Crippen LogP contribution >= 0.6 is 11.6 Å². The van der Waals surface area contributed by atoms with Crippen molar-refractivity contribution in [3.63, 3.8) is 0 Å². The maximum absolute atomic E-state index is 12.9. The van der Waals surface area contributed by atoms with Crippen molar-refractivity contribution < 1.29 is 9.90 Å². The third-order valence-electron chi connectivity index (χ3n) is 5.30. The van der Waals surface area contributed by atoms with Gasteiger partial charge in [0.25, 0.3) is 5.91 Å². The first kappa shape index (κ1) is 19.7. The topological polar surface area (TPSA) is 90.9 Å². The summed E-state index contributed by atoms with van der Waals surface area (Å²) < 4.78 is 1.82. The van der Waals surface area contributed by atoms with E-state index in [0.29, 0.717) is 23.7 Å². The number of amides is 1. The zero-order valence-corrected chi connectivity index (χ0v) is 16.1. The van der Waals surface area contributed by atoms with Crippen LogP contribution in [0.1, 0.15) is 55.4 Å². The van der Waals surface area contributed by atoms with E-state index in [1.807, 2.05) is 10.7 Å². The van der Waals surface area contributed by atoms with Crippen LogP contribution in [-0.2, 0) is 6.54 Å². The molecule has 1 fully saturated rings. The van der Waals surface area contributed by atoms with E-state index in [2.05, 4.69) is 16.5 Å². The van der Waals surface area contributed by atoms with Gasteiger partial charge in [0, 0.05) is 41.9 Å². The van der Waals surface area contributed by atoms with E-state index in [-0.39, 0.29) is 24.5 Å². The SMILES string of the molecule is N#CCCCCn1nc(C(=O)NC2CCCCC2CO)c2cc(Cl)ccc21. The standard InChI is InChI=1S/C20H25ClN4O2/c21-15-8-9-18-16(12-15)19(24-25(18)11-5-1-4-10-22)20(27)23-17-7-3-2-6-14(17)13-26/h8-9,12,14,17,26H,1-7,11,13H2,(H,23,27). The molecule has 0 radical (unpaired) electrons. The normalized spacial score (nSPS) is 19.7. The summed E-state index contributed by atoms with van der Waals surface area (Å²) in [6, 6.07) is 7.57. The summed E-state index contributed by atoms with van der Waals surface area (Å²) in [7, 11) is 0. The number of benzene rings is 1. The van der Waals surface area contributed by atoms with E-state index in [0.717, 1.165) is 49.4 Å². The van der Waals surface area contributed by atoms with Crippen LogP contribution in [0.5, 0.6) is 0 Å². The molecule has 0 bridgehead atoms. The molecule has 27 heavy (non-hydrogen) atoms. The average Bonchev–Trinajstić information content (AvgIpc) is 3.03. The van der Waals surface area contributed by atoms with Gasteiger partial charge in [-0.15, -0.1) is 0 Å². The van der Waals surface area contributed by atoms with Crippen molar-refractivity contribution in [2.24, 2.45) is 5.92 Å². The van der Waals surface area contributed by atoms with Gasteiger partial charge < -0.3 is 10.4 Å². The van der Waals surface area contributed by atoms with Gasteiger partial charge in [0.15, 0.2) is 5.69 Å². The van der Waals surface area contributed by atoms with E-state index >= 15 is 0 Å². The Morgan fingerprint density at radius 1 is 1.37 bits per heavy atom. The average molecular weight is 389 g/mol. The number of aliphatic hydroxyl groups is 1. The van der Waals surface area contributed by atoms with Crippen LogP contribution < -0.4 is 5.32 Å². The number of nitriles is 1. The van der Waals surface area contributed by atoms with Crippen molar-refractivity contribution >= 4 is 28.4 Å². The maximum Gasteiger partial charge on any atom is 0.272 e. The number of halogens is 1. The Morgan fingerprint density at radius 3 is 2.96 bits per heavy atom.